The summed E-state index contributed by atoms with van der Waals surface area (Å²) in [5.74, 6) is 0.493. The molecule has 0 spiro atoms. The van der Waals surface area contributed by atoms with Crippen LogP contribution in [0, 0.1) is 0 Å². The van der Waals surface area contributed by atoms with Crippen LogP contribution in [0.4, 0.5) is 0 Å². The highest BCUT2D eigenvalue weighted by Gasteiger charge is 2.06. The zero-order valence-corrected chi connectivity index (χ0v) is 12.2. The van der Waals surface area contributed by atoms with Gasteiger partial charge in [-0.1, -0.05) is 54.6 Å². The van der Waals surface area contributed by atoms with Crippen LogP contribution in [0.25, 0.3) is 33.8 Å². The Labute approximate surface area is 133 Å². The standard InChI is InChI=1S/C18H13N5/c1-2-4-13(5-3-1)14-6-8-15(9-7-14)16-10-11-19-17(12-16)18-20-22-23-21-18/h1-12H,(H,20,21,22,23). The molecule has 0 unspecified atom stereocenters. The Hall–Kier alpha value is -3.34. The SMILES string of the molecule is c1ccc(-c2ccc(-c3ccnc(-c4nn[nH]n4)c3)cc2)cc1. The molecule has 0 aliphatic carbocycles. The first-order chi connectivity index (χ1) is 11.4. The van der Waals surface area contributed by atoms with E-state index in [0.717, 1.165) is 11.1 Å². The zero-order chi connectivity index (χ0) is 15.5. The number of tetrazole rings is 1. The van der Waals surface area contributed by atoms with E-state index < -0.39 is 0 Å². The Morgan fingerprint density at radius 1 is 0.696 bits per heavy atom. The Balaban J connectivity index is 1.68. The molecular weight excluding hydrogens is 286 g/mol. The van der Waals surface area contributed by atoms with Gasteiger partial charge in [-0.3, -0.25) is 4.98 Å². The van der Waals surface area contributed by atoms with Gasteiger partial charge in [0.1, 0.15) is 5.69 Å². The summed E-state index contributed by atoms with van der Waals surface area (Å²) >= 11 is 0. The number of aromatic nitrogens is 5. The van der Waals surface area contributed by atoms with Gasteiger partial charge in [0.25, 0.3) is 0 Å². The lowest BCUT2D eigenvalue weighted by Crippen LogP contribution is -1.87. The van der Waals surface area contributed by atoms with E-state index in [2.05, 4.69) is 62.0 Å². The van der Waals surface area contributed by atoms with E-state index in [1.807, 2.05) is 30.3 Å². The third-order valence-corrected chi connectivity index (χ3v) is 3.66. The largest absolute Gasteiger partial charge is 0.253 e. The number of hydrogen-bond donors (Lipinski definition) is 1. The van der Waals surface area contributed by atoms with Gasteiger partial charge in [0.05, 0.1) is 0 Å². The molecule has 2 aromatic heterocycles. The first-order valence-corrected chi connectivity index (χ1v) is 7.26. The normalized spacial score (nSPS) is 10.6. The lowest BCUT2D eigenvalue weighted by molar-refractivity contribution is 0.881. The van der Waals surface area contributed by atoms with Crippen molar-refractivity contribution in [1.29, 1.82) is 0 Å². The van der Waals surface area contributed by atoms with Crippen molar-refractivity contribution in [1.82, 2.24) is 25.6 Å². The minimum atomic E-state index is 0.493. The Kier molecular flexibility index (Phi) is 3.37. The molecule has 5 heteroatoms. The van der Waals surface area contributed by atoms with Crippen LogP contribution >= 0.6 is 0 Å². The van der Waals surface area contributed by atoms with Gasteiger partial charge in [0.15, 0.2) is 0 Å². The molecule has 4 aromatic rings. The maximum Gasteiger partial charge on any atom is 0.222 e. The van der Waals surface area contributed by atoms with Crippen LogP contribution in [0.15, 0.2) is 72.9 Å². The van der Waals surface area contributed by atoms with Gasteiger partial charge in [-0.05, 0) is 39.6 Å². The smallest absolute Gasteiger partial charge is 0.222 e. The molecule has 0 aliphatic rings. The van der Waals surface area contributed by atoms with Gasteiger partial charge in [-0.25, -0.2) is 0 Å². The van der Waals surface area contributed by atoms with E-state index in [1.54, 1.807) is 6.20 Å². The van der Waals surface area contributed by atoms with Crippen LogP contribution in [-0.2, 0) is 0 Å². The summed E-state index contributed by atoms with van der Waals surface area (Å²) in [5, 5.41) is 13.9. The molecule has 110 valence electrons. The number of nitrogens with one attached hydrogen (secondary N) is 1. The number of aromatic amines is 1. The minimum absolute atomic E-state index is 0.493. The van der Waals surface area contributed by atoms with E-state index in [-0.39, 0.29) is 0 Å². The van der Waals surface area contributed by atoms with Gasteiger partial charge in [0.2, 0.25) is 5.82 Å². The van der Waals surface area contributed by atoms with Crippen molar-refractivity contribution in [2.75, 3.05) is 0 Å². The van der Waals surface area contributed by atoms with Crippen molar-refractivity contribution < 1.29 is 0 Å². The van der Waals surface area contributed by atoms with Crippen LogP contribution in [-0.4, -0.2) is 25.6 Å². The molecule has 23 heavy (non-hydrogen) atoms. The first-order valence-electron chi connectivity index (χ1n) is 7.26. The molecule has 2 aromatic carbocycles. The van der Waals surface area contributed by atoms with Crippen molar-refractivity contribution in [3.63, 3.8) is 0 Å². The summed E-state index contributed by atoms with van der Waals surface area (Å²) < 4.78 is 0. The van der Waals surface area contributed by atoms with Gasteiger partial charge in [-0.15, -0.1) is 10.2 Å². The molecule has 1 N–H and O–H groups in total. The molecule has 0 amide bonds. The summed E-state index contributed by atoms with van der Waals surface area (Å²) in [7, 11) is 0. The third-order valence-electron chi connectivity index (χ3n) is 3.66. The quantitative estimate of drug-likeness (QED) is 0.627. The van der Waals surface area contributed by atoms with Gasteiger partial charge >= 0.3 is 0 Å². The molecular formula is C18H13N5. The number of pyridine rings is 1. The number of hydrogen-bond acceptors (Lipinski definition) is 4. The second-order valence-corrected chi connectivity index (χ2v) is 5.11. The molecule has 2 heterocycles. The summed E-state index contributed by atoms with van der Waals surface area (Å²) in [6.45, 7) is 0. The second kappa shape index (κ2) is 5.81. The monoisotopic (exact) mass is 299 g/mol. The van der Waals surface area contributed by atoms with Crippen LogP contribution in [0.2, 0.25) is 0 Å². The Bertz CT molecular complexity index is 900. The summed E-state index contributed by atoms with van der Waals surface area (Å²) in [6.07, 6.45) is 1.76. The first kappa shape index (κ1) is 13.3. The van der Waals surface area contributed by atoms with Crippen molar-refractivity contribution in [2.45, 2.75) is 0 Å². The fourth-order valence-electron chi connectivity index (χ4n) is 2.49. The molecule has 0 saturated heterocycles. The average molecular weight is 299 g/mol. The van der Waals surface area contributed by atoms with Crippen molar-refractivity contribution >= 4 is 0 Å². The molecule has 5 nitrogen and oxygen atoms in total. The van der Waals surface area contributed by atoms with Crippen molar-refractivity contribution in [3.05, 3.63) is 72.9 Å². The van der Waals surface area contributed by atoms with E-state index in [1.165, 1.54) is 11.1 Å². The maximum absolute atomic E-state index is 4.29. The molecule has 0 atom stereocenters. The molecule has 0 aliphatic heterocycles. The van der Waals surface area contributed by atoms with E-state index in [9.17, 15) is 0 Å². The van der Waals surface area contributed by atoms with Gasteiger partial charge < -0.3 is 0 Å². The lowest BCUT2D eigenvalue weighted by atomic mass is 10.0. The Morgan fingerprint density at radius 2 is 1.39 bits per heavy atom. The maximum atomic E-state index is 4.29. The van der Waals surface area contributed by atoms with E-state index >= 15 is 0 Å². The summed E-state index contributed by atoms with van der Waals surface area (Å²) in [4.78, 5) is 4.29. The molecule has 0 saturated carbocycles. The predicted octanol–water partition coefficient (Wildman–Crippen LogP) is 3.60. The highest BCUT2D eigenvalue weighted by atomic mass is 15.5. The summed E-state index contributed by atoms with van der Waals surface area (Å²) in [6, 6.07) is 22.7. The fraction of sp³-hybridized carbons (Fsp3) is 0. The number of nitrogens with zero attached hydrogens (tertiary/aromatic N) is 4. The van der Waals surface area contributed by atoms with Crippen LogP contribution in [0.5, 0.6) is 0 Å². The van der Waals surface area contributed by atoms with E-state index in [4.69, 9.17) is 0 Å². The van der Waals surface area contributed by atoms with Gasteiger partial charge in [0, 0.05) is 6.20 Å². The number of H-pyrrole nitrogens is 1. The lowest BCUT2D eigenvalue weighted by Gasteiger charge is -2.05. The minimum Gasteiger partial charge on any atom is -0.253 e. The predicted molar refractivity (Wildman–Crippen MR) is 88.3 cm³/mol. The molecule has 0 bridgehead atoms. The van der Waals surface area contributed by atoms with Crippen LogP contribution < -0.4 is 0 Å². The topological polar surface area (TPSA) is 67.3 Å². The van der Waals surface area contributed by atoms with Gasteiger partial charge in [-0.2, -0.15) is 5.21 Å². The van der Waals surface area contributed by atoms with Crippen LogP contribution in [0.3, 0.4) is 0 Å². The molecule has 0 fully saturated rings. The molecule has 4 rings (SSSR count). The third kappa shape index (κ3) is 2.72. The average Bonchev–Trinajstić information content (AvgIpc) is 3.18. The Morgan fingerprint density at radius 3 is 2.09 bits per heavy atom. The molecule has 0 radical (unpaired) electrons. The van der Waals surface area contributed by atoms with Crippen LogP contribution in [0.1, 0.15) is 0 Å². The highest BCUT2D eigenvalue weighted by molar-refractivity contribution is 5.72. The highest BCUT2D eigenvalue weighted by Crippen LogP contribution is 2.26. The second-order valence-electron chi connectivity index (χ2n) is 5.11. The summed E-state index contributed by atoms with van der Waals surface area (Å²) in [5.41, 5.74) is 5.29. The van der Waals surface area contributed by atoms with E-state index in [0.29, 0.717) is 11.5 Å². The number of benzene rings is 2. The van der Waals surface area contributed by atoms with Crippen molar-refractivity contribution in [3.8, 4) is 33.8 Å². The zero-order valence-electron chi connectivity index (χ0n) is 12.2. The number of rotatable bonds is 3. The fourth-order valence-corrected chi connectivity index (χ4v) is 2.49. The van der Waals surface area contributed by atoms with Crippen molar-refractivity contribution in [2.24, 2.45) is 0 Å².